The molecule has 1 N–H and O–H groups in total. The van der Waals surface area contributed by atoms with Crippen LogP contribution in [0.3, 0.4) is 0 Å². The van der Waals surface area contributed by atoms with Crippen LogP contribution in [0.2, 0.25) is 0 Å². The van der Waals surface area contributed by atoms with Gasteiger partial charge in [-0.3, -0.25) is 0 Å². The monoisotopic (exact) mass is 235 g/mol. The van der Waals surface area contributed by atoms with Gasteiger partial charge in [-0.15, -0.1) is 11.8 Å². The predicted octanol–water partition coefficient (Wildman–Crippen LogP) is 4.13. The number of hydrogen-bond donors (Lipinski definition) is 1. The lowest BCUT2D eigenvalue weighted by molar-refractivity contribution is 0.314. The summed E-state index contributed by atoms with van der Waals surface area (Å²) in [6.45, 7) is 5.31. The van der Waals surface area contributed by atoms with Crippen LogP contribution in [-0.2, 0) is 0 Å². The second-order valence-electron chi connectivity index (χ2n) is 5.36. The van der Waals surface area contributed by atoms with Gasteiger partial charge in [-0.2, -0.15) is 0 Å². The zero-order valence-electron chi connectivity index (χ0n) is 11.7. The van der Waals surface area contributed by atoms with Gasteiger partial charge in [0.05, 0.1) is 0 Å². The molecule has 1 unspecified atom stereocenters. The van der Waals surface area contributed by atoms with Crippen LogP contribution >= 0.6 is 0 Å². The summed E-state index contributed by atoms with van der Waals surface area (Å²) < 4.78 is 0. The molecule has 0 radical (unpaired) electrons. The van der Waals surface area contributed by atoms with Crippen LogP contribution in [-0.4, -0.2) is 12.6 Å². The van der Waals surface area contributed by atoms with Crippen LogP contribution in [0.5, 0.6) is 0 Å². The van der Waals surface area contributed by atoms with Gasteiger partial charge in [0.2, 0.25) is 0 Å². The third kappa shape index (κ3) is 6.74. The van der Waals surface area contributed by atoms with Crippen molar-refractivity contribution in [3.63, 3.8) is 0 Å². The maximum absolute atomic E-state index is 3.64. The van der Waals surface area contributed by atoms with Gasteiger partial charge >= 0.3 is 0 Å². The van der Waals surface area contributed by atoms with Gasteiger partial charge in [0, 0.05) is 12.5 Å². The Kier molecular flexibility index (Phi) is 8.18. The summed E-state index contributed by atoms with van der Waals surface area (Å²) in [7, 11) is 0. The predicted molar refractivity (Wildman–Crippen MR) is 76.0 cm³/mol. The average Bonchev–Trinajstić information content (AvgIpc) is 2.39. The molecule has 0 bridgehead atoms. The molecule has 1 heteroatoms. The number of nitrogens with one attached hydrogen (secondary N) is 1. The summed E-state index contributed by atoms with van der Waals surface area (Å²) in [6, 6.07) is 0.629. The fourth-order valence-corrected chi connectivity index (χ4v) is 2.76. The largest absolute Gasteiger partial charge is 0.313 e. The molecule has 0 aromatic carbocycles. The molecule has 1 fully saturated rings. The summed E-state index contributed by atoms with van der Waals surface area (Å²) in [6.07, 6.45) is 12.3. The zero-order valence-corrected chi connectivity index (χ0v) is 11.7. The van der Waals surface area contributed by atoms with Crippen LogP contribution in [0.25, 0.3) is 0 Å². The van der Waals surface area contributed by atoms with Crippen LogP contribution in [0.1, 0.15) is 71.6 Å². The molecule has 1 saturated carbocycles. The normalized spacial score (nSPS) is 18.5. The molecule has 98 valence electrons. The molecule has 1 atom stereocenters. The summed E-state index contributed by atoms with van der Waals surface area (Å²) in [4.78, 5) is 0. The van der Waals surface area contributed by atoms with Crippen molar-refractivity contribution in [3.05, 3.63) is 0 Å². The highest BCUT2D eigenvalue weighted by Crippen LogP contribution is 2.27. The fraction of sp³-hybridized carbons (Fsp3) is 0.875. The Hall–Kier alpha value is -0.480. The van der Waals surface area contributed by atoms with E-state index in [4.69, 9.17) is 0 Å². The molecule has 0 amide bonds. The van der Waals surface area contributed by atoms with Gasteiger partial charge in [0.25, 0.3) is 0 Å². The average molecular weight is 235 g/mol. The Balaban J connectivity index is 2.22. The van der Waals surface area contributed by atoms with E-state index in [1.54, 1.807) is 0 Å². The summed E-state index contributed by atoms with van der Waals surface area (Å²) in [5.74, 6) is 7.26. The first-order valence-electron chi connectivity index (χ1n) is 7.49. The van der Waals surface area contributed by atoms with E-state index in [1.807, 2.05) is 6.92 Å². The molecule has 0 spiro atoms. The third-order valence-corrected chi connectivity index (χ3v) is 3.86. The molecule has 0 heterocycles. The van der Waals surface area contributed by atoms with Crippen molar-refractivity contribution < 1.29 is 0 Å². The topological polar surface area (TPSA) is 12.0 Å². The minimum atomic E-state index is 0.629. The van der Waals surface area contributed by atoms with Crippen molar-refractivity contribution in [2.24, 2.45) is 5.92 Å². The highest BCUT2D eigenvalue weighted by Gasteiger charge is 2.15. The van der Waals surface area contributed by atoms with E-state index in [0.717, 1.165) is 18.9 Å². The van der Waals surface area contributed by atoms with Gasteiger partial charge < -0.3 is 5.32 Å². The molecule has 1 rings (SSSR count). The second kappa shape index (κ2) is 9.54. The van der Waals surface area contributed by atoms with Crippen molar-refractivity contribution in [2.45, 2.75) is 77.7 Å². The van der Waals surface area contributed by atoms with Crippen LogP contribution in [0.4, 0.5) is 0 Å². The first kappa shape index (κ1) is 14.6. The van der Waals surface area contributed by atoms with E-state index in [9.17, 15) is 0 Å². The van der Waals surface area contributed by atoms with E-state index in [-0.39, 0.29) is 0 Å². The maximum atomic E-state index is 3.64. The molecule has 1 aliphatic carbocycles. The van der Waals surface area contributed by atoms with Crippen molar-refractivity contribution in [1.82, 2.24) is 5.32 Å². The fourth-order valence-electron chi connectivity index (χ4n) is 2.76. The van der Waals surface area contributed by atoms with Gasteiger partial charge in [0.15, 0.2) is 0 Å². The Morgan fingerprint density at radius 3 is 2.65 bits per heavy atom. The molecule has 1 nitrogen and oxygen atoms in total. The molecule has 1 aliphatic rings. The van der Waals surface area contributed by atoms with Crippen LogP contribution in [0.15, 0.2) is 0 Å². The highest BCUT2D eigenvalue weighted by atomic mass is 14.9. The number of rotatable bonds is 7. The SMILES string of the molecule is CC#CCC(CCC1CCCCC1)NCCC. The lowest BCUT2D eigenvalue weighted by Crippen LogP contribution is -2.30. The minimum Gasteiger partial charge on any atom is -0.313 e. The van der Waals surface area contributed by atoms with Gasteiger partial charge in [-0.25, -0.2) is 0 Å². The quantitative estimate of drug-likeness (QED) is 0.654. The third-order valence-electron chi connectivity index (χ3n) is 3.86. The first-order valence-corrected chi connectivity index (χ1v) is 7.49. The Bertz CT molecular complexity index is 230. The smallest absolute Gasteiger partial charge is 0.0243 e. The Morgan fingerprint density at radius 1 is 1.24 bits per heavy atom. The summed E-state index contributed by atoms with van der Waals surface area (Å²) >= 11 is 0. The van der Waals surface area contributed by atoms with Crippen LogP contribution in [0, 0.1) is 17.8 Å². The lowest BCUT2D eigenvalue weighted by atomic mass is 9.85. The van der Waals surface area contributed by atoms with E-state index in [0.29, 0.717) is 6.04 Å². The van der Waals surface area contributed by atoms with E-state index >= 15 is 0 Å². The molecule has 0 aromatic rings. The first-order chi connectivity index (χ1) is 8.36. The summed E-state index contributed by atoms with van der Waals surface area (Å²) in [5, 5.41) is 3.64. The van der Waals surface area contributed by atoms with Crippen molar-refractivity contribution >= 4 is 0 Å². The standard InChI is InChI=1S/C16H29N/c1-3-5-11-16(17-14-4-2)13-12-15-9-7-6-8-10-15/h15-17H,4,6-14H2,1-2H3. The number of hydrogen-bond acceptors (Lipinski definition) is 1. The highest BCUT2D eigenvalue weighted by molar-refractivity contribution is 4.98. The Morgan fingerprint density at radius 2 is 2.00 bits per heavy atom. The second-order valence-corrected chi connectivity index (χ2v) is 5.36. The molecular formula is C16H29N. The molecule has 0 saturated heterocycles. The van der Waals surface area contributed by atoms with Crippen molar-refractivity contribution in [3.8, 4) is 11.8 Å². The van der Waals surface area contributed by atoms with E-state index < -0.39 is 0 Å². The Labute approximate surface area is 108 Å². The molecule has 0 aromatic heterocycles. The summed E-state index contributed by atoms with van der Waals surface area (Å²) in [5.41, 5.74) is 0. The zero-order chi connectivity index (χ0) is 12.3. The molecule has 0 aliphatic heterocycles. The minimum absolute atomic E-state index is 0.629. The van der Waals surface area contributed by atoms with Gasteiger partial charge in [-0.1, -0.05) is 39.0 Å². The van der Waals surface area contributed by atoms with Gasteiger partial charge in [-0.05, 0) is 38.6 Å². The molecule has 17 heavy (non-hydrogen) atoms. The lowest BCUT2D eigenvalue weighted by Gasteiger charge is -2.24. The maximum Gasteiger partial charge on any atom is 0.0243 e. The van der Waals surface area contributed by atoms with Crippen molar-refractivity contribution in [2.75, 3.05) is 6.54 Å². The van der Waals surface area contributed by atoms with Crippen LogP contribution < -0.4 is 5.32 Å². The molecular weight excluding hydrogens is 206 g/mol. The van der Waals surface area contributed by atoms with Gasteiger partial charge in [0.1, 0.15) is 0 Å². The van der Waals surface area contributed by atoms with Crippen molar-refractivity contribution in [1.29, 1.82) is 0 Å². The van der Waals surface area contributed by atoms with E-state index in [2.05, 4.69) is 24.1 Å². The van der Waals surface area contributed by atoms with E-state index in [1.165, 1.54) is 51.4 Å².